The summed E-state index contributed by atoms with van der Waals surface area (Å²) in [5.74, 6) is 0.982. The zero-order chi connectivity index (χ0) is 26.8. The molecule has 0 amide bonds. The van der Waals surface area contributed by atoms with Gasteiger partial charge in [0.1, 0.15) is 11.5 Å². The predicted molar refractivity (Wildman–Crippen MR) is 150 cm³/mol. The van der Waals surface area contributed by atoms with Crippen LogP contribution in [0.2, 0.25) is 5.02 Å². The van der Waals surface area contributed by atoms with Crippen LogP contribution in [0.25, 0.3) is 28.5 Å². The molecule has 0 aliphatic carbocycles. The zero-order valence-electron chi connectivity index (χ0n) is 22.0. The maximum absolute atomic E-state index is 10.8. The van der Waals surface area contributed by atoms with Crippen LogP contribution in [0.15, 0.2) is 54.9 Å². The van der Waals surface area contributed by atoms with E-state index >= 15 is 0 Å². The molecule has 9 heteroatoms. The summed E-state index contributed by atoms with van der Waals surface area (Å²) in [4.78, 5) is 9.16. The highest BCUT2D eigenvalue weighted by molar-refractivity contribution is 6.32. The number of piperazine rings is 1. The molecule has 1 saturated heterocycles. The molecule has 3 heterocycles. The molecule has 5 rings (SSSR count). The van der Waals surface area contributed by atoms with Crippen molar-refractivity contribution in [3.8, 4) is 40.0 Å². The number of phenols is 2. The molecule has 2 aromatic carbocycles. The van der Waals surface area contributed by atoms with Crippen molar-refractivity contribution in [1.82, 2.24) is 29.5 Å². The average molecular weight is 533 g/mol. The van der Waals surface area contributed by atoms with Crippen LogP contribution < -0.4 is 0 Å². The summed E-state index contributed by atoms with van der Waals surface area (Å²) in [5.41, 5.74) is 3.77. The highest BCUT2D eigenvalue weighted by Gasteiger charge is 2.24. The molecule has 0 atom stereocenters. The van der Waals surface area contributed by atoms with E-state index in [4.69, 9.17) is 11.6 Å². The molecule has 8 nitrogen and oxygen atoms in total. The molecule has 0 spiro atoms. The fourth-order valence-corrected chi connectivity index (χ4v) is 5.24. The van der Waals surface area contributed by atoms with Gasteiger partial charge in [-0.25, -0.2) is 0 Å². The van der Waals surface area contributed by atoms with E-state index in [2.05, 4.69) is 38.0 Å². The Balaban J connectivity index is 1.57. The van der Waals surface area contributed by atoms with Crippen molar-refractivity contribution in [3.63, 3.8) is 0 Å². The minimum atomic E-state index is -0.0859. The Labute approximate surface area is 228 Å². The van der Waals surface area contributed by atoms with Crippen LogP contribution in [0.3, 0.4) is 0 Å². The van der Waals surface area contributed by atoms with Gasteiger partial charge in [0.2, 0.25) is 0 Å². The number of hydrogen-bond donors (Lipinski definition) is 2. The predicted octanol–water partition coefficient (Wildman–Crippen LogP) is 5.32. The largest absolute Gasteiger partial charge is 0.508 e. The Hall–Kier alpha value is -3.46. The Morgan fingerprint density at radius 2 is 1.66 bits per heavy atom. The van der Waals surface area contributed by atoms with Crippen LogP contribution in [0.4, 0.5) is 0 Å². The molecule has 1 aliphatic rings. The van der Waals surface area contributed by atoms with Crippen molar-refractivity contribution in [2.75, 3.05) is 32.7 Å². The molecular formula is C29H33ClN6O2. The molecule has 1 fully saturated rings. The van der Waals surface area contributed by atoms with Gasteiger partial charge in [-0.3, -0.25) is 14.5 Å². The van der Waals surface area contributed by atoms with Crippen LogP contribution in [-0.2, 0) is 6.54 Å². The molecule has 0 unspecified atom stereocenters. The number of aromatic hydroxyl groups is 2. The number of aromatic nitrogens is 4. The smallest absolute Gasteiger partial charge is 0.172 e. The summed E-state index contributed by atoms with van der Waals surface area (Å²) in [7, 11) is 0. The van der Waals surface area contributed by atoms with Gasteiger partial charge in [0.15, 0.2) is 11.6 Å². The van der Waals surface area contributed by atoms with E-state index in [1.54, 1.807) is 18.5 Å². The van der Waals surface area contributed by atoms with Crippen LogP contribution in [0.5, 0.6) is 11.5 Å². The van der Waals surface area contributed by atoms with Crippen molar-refractivity contribution in [2.24, 2.45) is 0 Å². The first kappa shape index (κ1) is 26.2. The van der Waals surface area contributed by atoms with Gasteiger partial charge in [0, 0.05) is 56.7 Å². The second-order valence-electron chi connectivity index (χ2n) is 10.0. The zero-order valence-corrected chi connectivity index (χ0v) is 22.7. The summed E-state index contributed by atoms with van der Waals surface area (Å²) >= 11 is 6.93. The van der Waals surface area contributed by atoms with Crippen LogP contribution in [-0.4, -0.2) is 72.5 Å². The Morgan fingerprint density at radius 1 is 0.921 bits per heavy atom. The Kier molecular flexibility index (Phi) is 7.65. The normalized spacial score (nSPS) is 14.9. The maximum Gasteiger partial charge on any atom is 0.172 e. The fourth-order valence-electron chi connectivity index (χ4n) is 4.96. The number of nitrogens with zero attached hydrogens (tertiary/aromatic N) is 6. The third-order valence-electron chi connectivity index (χ3n) is 7.16. The van der Waals surface area contributed by atoms with Gasteiger partial charge < -0.3 is 15.1 Å². The van der Waals surface area contributed by atoms with Crippen molar-refractivity contribution in [3.05, 3.63) is 71.0 Å². The Morgan fingerprint density at radius 3 is 2.32 bits per heavy atom. The third-order valence-corrected chi connectivity index (χ3v) is 7.46. The molecule has 0 radical (unpaired) electrons. The fraction of sp³-hybridized carbons (Fsp3) is 0.345. The summed E-state index contributed by atoms with van der Waals surface area (Å²) < 4.78 is 1.85. The first-order valence-corrected chi connectivity index (χ1v) is 13.4. The summed E-state index contributed by atoms with van der Waals surface area (Å²) in [6, 6.07) is 12.9. The second-order valence-corrected chi connectivity index (χ2v) is 10.4. The first-order valence-electron chi connectivity index (χ1n) is 13.0. The highest BCUT2D eigenvalue weighted by atomic mass is 35.5. The molecule has 38 heavy (non-hydrogen) atoms. The van der Waals surface area contributed by atoms with Crippen molar-refractivity contribution in [1.29, 1.82) is 0 Å². The summed E-state index contributed by atoms with van der Waals surface area (Å²) in [5, 5.41) is 30.8. The van der Waals surface area contributed by atoms with Gasteiger partial charge in [0.05, 0.1) is 16.3 Å². The number of likely N-dealkylation sites (N-methyl/N-ethyl adjacent to an activating group) is 1. The maximum atomic E-state index is 10.8. The van der Waals surface area contributed by atoms with Crippen molar-refractivity contribution < 1.29 is 10.2 Å². The third kappa shape index (κ3) is 5.25. The van der Waals surface area contributed by atoms with Crippen LogP contribution in [0.1, 0.15) is 37.8 Å². The lowest BCUT2D eigenvalue weighted by molar-refractivity contribution is 0.132. The topological polar surface area (TPSA) is 90.5 Å². The van der Waals surface area contributed by atoms with Gasteiger partial charge in [-0.15, -0.1) is 10.2 Å². The molecule has 0 bridgehead atoms. The minimum Gasteiger partial charge on any atom is -0.508 e. The molecule has 2 N–H and O–H groups in total. The number of phenolic OH excluding ortho intramolecular Hbond substituents is 2. The quantitative estimate of drug-likeness (QED) is 0.333. The van der Waals surface area contributed by atoms with Crippen molar-refractivity contribution >= 4 is 11.6 Å². The Bertz CT molecular complexity index is 1410. The molecule has 1 aliphatic heterocycles. The van der Waals surface area contributed by atoms with E-state index in [-0.39, 0.29) is 17.4 Å². The standard InChI is InChI=1S/C29H33ClN6O2/c1-4-34-10-12-35(13-11-34)18-20-7-8-25(24(30)14-20)36-28(21-6-5-9-31-17-21)32-33-29(36)23-15-22(19(2)3)26(37)16-27(23)38/h5-9,14-17,19,37-38H,4,10-13,18H2,1-3H3. The van der Waals surface area contributed by atoms with E-state index in [0.717, 1.165) is 50.4 Å². The van der Waals surface area contributed by atoms with E-state index < -0.39 is 0 Å². The molecular weight excluding hydrogens is 500 g/mol. The molecule has 0 saturated carbocycles. The number of hydrogen-bond acceptors (Lipinski definition) is 7. The minimum absolute atomic E-state index is 0.0435. The highest BCUT2D eigenvalue weighted by Crippen LogP contribution is 2.40. The molecule has 4 aromatic rings. The van der Waals surface area contributed by atoms with Gasteiger partial charge in [0.25, 0.3) is 0 Å². The van der Waals surface area contributed by atoms with Gasteiger partial charge >= 0.3 is 0 Å². The first-order chi connectivity index (χ1) is 18.4. The van der Waals surface area contributed by atoms with Crippen molar-refractivity contribution in [2.45, 2.75) is 33.2 Å². The number of benzene rings is 2. The van der Waals surface area contributed by atoms with Crippen LogP contribution >= 0.6 is 11.6 Å². The van der Waals surface area contributed by atoms with E-state index in [1.807, 2.05) is 42.7 Å². The lowest BCUT2D eigenvalue weighted by Crippen LogP contribution is -2.45. The monoisotopic (exact) mass is 532 g/mol. The average Bonchev–Trinajstić information content (AvgIpc) is 3.34. The number of rotatable bonds is 7. The van der Waals surface area contributed by atoms with E-state index in [0.29, 0.717) is 33.5 Å². The van der Waals surface area contributed by atoms with Gasteiger partial charge in [-0.1, -0.05) is 38.4 Å². The lowest BCUT2D eigenvalue weighted by atomic mass is 9.98. The number of halogens is 1. The summed E-state index contributed by atoms with van der Waals surface area (Å²) in [6.07, 6.45) is 3.42. The number of pyridine rings is 1. The van der Waals surface area contributed by atoms with E-state index in [1.165, 1.54) is 6.07 Å². The SMILES string of the molecule is CCN1CCN(Cc2ccc(-n3c(-c4cccnc4)nnc3-c3cc(C(C)C)c(O)cc3O)c(Cl)c2)CC1. The summed E-state index contributed by atoms with van der Waals surface area (Å²) in [6.45, 7) is 12.3. The molecule has 2 aromatic heterocycles. The molecule has 198 valence electrons. The van der Waals surface area contributed by atoms with E-state index in [9.17, 15) is 10.2 Å². The van der Waals surface area contributed by atoms with Crippen LogP contribution in [0, 0.1) is 0 Å². The van der Waals surface area contributed by atoms with Gasteiger partial charge in [-0.05, 0) is 53.9 Å². The second kappa shape index (κ2) is 11.1. The van der Waals surface area contributed by atoms with Gasteiger partial charge in [-0.2, -0.15) is 0 Å². The lowest BCUT2D eigenvalue weighted by Gasteiger charge is -2.34.